The zero-order valence-electron chi connectivity index (χ0n) is 18.6. The summed E-state index contributed by atoms with van der Waals surface area (Å²) in [5, 5.41) is 33.9. The highest BCUT2D eigenvalue weighted by Gasteiger charge is 2.20. The second-order valence-corrected chi connectivity index (χ2v) is 8.38. The topological polar surface area (TPSA) is 98.0 Å². The molecule has 4 N–H and O–H groups in total. The van der Waals surface area contributed by atoms with Crippen molar-refractivity contribution in [2.45, 2.75) is 117 Å². The normalized spacial score (nSPS) is 11.2. The van der Waals surface area contributed by atoms with Crippen molar-refractivity contribution in [1.29, 1.82) is 0 Å². The molecule has 0 spiro atoms. The van der Waals surface area contributed by atoms with E-state index in [1.54, 1.807) is 6.92 Å². The van der Waals surface area contributed by atoms with Gasteiger partial charge in [-0.05, 0) is 6.42 Å². The Labute approximate surface area is 173 Å². The Hall–Kier alpha value is -0.650. The lowest BCUT2D eigenvalue weighted by atomic mass is 9.95. The van der Waals surface area contributed by atoms with Gasteiger partial charge in [-0.1, -0.05) is 104 Å². The summed E-state index contributed by atoms with van der Waals surface area (Å²) in [7, 11) is 0. The summed E-state index contributed by atoms with van der Waals surface area (Å²) in [6.45, 7) is 3.33. The minimum Gasteiger partial charge on any atom is -0.481 e. The summed E-state index contributed by atoms with van der Waals surface area (Å²) in [5.74, 6) is -0.653. The molecular weight excluding hydrogens is 356 g/mol. The van der Waals surface area contributed by atoms with Crippen molar-refractivity contribution in [3.8, 4) is 0 Å². The number of carboxylic acid groups (broad SMARTS) is 1. The van der Waals surface area contributed by atoms with Gasteiger partial charge in [0.2, 0.25) is 0 Å². The van der Waals surface area contributed by atoms with E-state index in [4.69, 9.17) is 20.4 Å². The van der Waals surface area contributed by atoms with E-state index in [1.165, 1.54) is 83.5 Å². The van der Waals surface area contributed by atoms with E-state index in [2.05, 4.69) is 6.92 Å². The fourth-order valence-electron chi connectivity index (χ4n) is 2.80. The van der Waals surface area contributed by atoms with Gasteiger partial charge < -0.3 is 20.4 Å². The van der Waals surface area contributed by atoms with Crippen LogP contribution >= 0.6 is 0 Å². The van der Waals surface area contributed by atoms with Crippen molar-refractivity contribution in [1.82, 2.24) is 0 Å². The summed E-state index contributed by atoms with van der Waals surface area (Å²) in [5.41, 5.74) is -0.708. The van der Waals surface area contributed by atoms with Crippen LogP contribution in [0.15, 0.2) is 0 Å². The molecule has 0 aliphatic carbocycles. The molecule has 0 heterocycles. The number of carbonyl (C=O) groups is 1. The molecule has 0 fully saturated rings. The van der Waals surface area contributed by atoms with Gasteiger partial charge in [0.15, 0.2) is 0 Å². The first kappa shape index (κ1) is 29.6. The number of hydrogen-bond acceptors (Lipinski definition) is 4. The lowest BCUT2D eigenvalue weighted by Gasteiger charge is -2.20. The highest BCUT2D eigenvalue weighted by atomic mass is 16.4. The molecule has 0 bridgehead atoms. The van der Waals surface area contributed by atoms with Gasteiger partial charge in [-0.15, -0.1) is 0 Å². The smallest absolute Gasteiger partial charge is 0.303 e. The Morgan fingerprint density at radius 2 is 0.893 bits per heavy atom. The van der Waals surface area contributed by atoms with Crippen molar-refractivity contribution in [2.24, 2.45) is 5.41 Å². The summed E-state index contributed by atoms with van der Waals surface area (Å²) in [6, 6.07) is 0. The highest BCUT2D eigenvalue weighted by molar-refractivity contribution is 5.66. The third-order valence-corrected chi connectivity index (χ3v) is 5.14. The number of carboxylic acids is 1. The predicted octanol–water partition coefficient (Wildman–Crippen LogP) is 5.30. The third kappa shape index (κ3) is 23.4. The van der Waals surface area contributed by atoms with Crippen LogP contribution in [-0.2, 0) is 4.79 Å². The van der Waals surface area contributed by atoms with Crippen LogP contribution in [0.3, 0.4) is 0 Å². The van der Waals surface area contributed by atoms with E-state index in [0.29, 0.717) is 6.42 Å². The Bertz CT molecular complexity index is 308. The molecule has 0 aromatic heterocycles. The highest BCUT2D eigenvalue weighted by Crippen LogP contribution is 2.13. The summed E-state index contributed by atoms with van der Waals surface area (Å²) < 4.78 is 0. The molecule has 170 valence electrons. The summed E-state index contributed by atoms with van der Waals surface area (Å²) >= 11 is 0. The zero-order chi connectivity index (χ0) is 21.5. The molecule has 5 nitrogen and oxygen atoms in total. The van der Waals surface area contributed by atoms with Crippen molar-refractivity contribution in [3.05, 3.63) is 0 Å². The maximum Gasteiger partial charge on any atom is 0.303 e. The molecule has 28 heavy (non-hydrogen) atoms. The van der Waals surface area contributed by atoms with Crippen molar-refractivity contribution < 1.29 is 25.2 Å². The average Bonchev–Trinajstić information content (AvgIpc) is 2.70. The molecule has 5 heteroatoms. The van der Waals surface area contributed by atoms with Crippen molar-refractivity contribution in [2.75, 3.05) is 19.8 Å². The Morgan fingerprint density at radius 1 is 0.607 bits per heavy atom. The number of aliphatic hydroxyl groups excluding tert-OH is 3. The second-order valence-electron chi connectivity index (χ2n) is 8.38. The first-order valence-electron chi connectivity index (χ1n) is 11.5. The molecule has 0 aromatic rings. The number of rotatable bonds is 19. The van der Waals surface area contributed by atoms with Crippen LogP contribution in [-0.4, -0.2) is 46.2 Å². The average molecular weight is 405 g/mol. The van der Waals surface area contributed by atoms with E-state index in [1.807, 2.05) is 0 Å². The standard InChI is InChI=1S/C18H36O2.C5H12O3/c1-2-3-4-5-6-7-8-9-10-11-12-13-14-15-16-17-18(19)20;1-5(2-6,3-7)4-8/h2-17H2,1H3,(H,19,20);6-8H,2-4H2,1H3. The summed E-state index contributed by atoms with van der Waals surface area (Å²) in [4.78, 5) is 10.3. The van der Waals surface area contributed by atoms with Crippen LogP contribution < -0.4 is 0 Å². The van der Waals surface area contributed by atoms with Gasteiger partial charge in [-0.25, -0.2) is 0 Å². The molecule has 0 rings (SSSR count). The first-order chi connectivity index (χ1) is 13.5. The van der Waals surface area contributed by atoms with Crippen LogP contribution in [0.2, 0.25) is 0 Å². The fourth-order valence-corrected chi connectivity index (χ4v) is 2.80. The Balaban J connectivity index is 0. The number of unbranched alkanes of at least 4 members (excludes halogenated alkanes) is 14. The fraction of sp³-hybridized carbons (Fsp3) is 0.957. The number of hydrogen-bond donors (Lipinski definition) is 4. The van der Waals surface area contributed by atoms with Crippen LogP contribution in [0.4, 0.5) is 0 Å². The minimum absolute atomic E-state index is 0.181. The maximum absolute atomic E-state index is 10.3. The minimum atomic E-state index is -0.708. The molecule has 0 atom stereocenters. The van der Waals surface area contributed by atoms with Crippen molar-refractivity contribution in [3.63, 3.8) is 0 Å². The number of aliphatic carboxylic acids is 1. The van der Waals surface area contributed by atoms with E-state index < -0.39 is 11.4 Å². The molecule has 0 aliphatic rings. The largest absolute Gasteiger partial charge is 0.481 e. The Kier molecular flexibility index (Phi) is 23.9. The second kappa shape index (κ2) is 22.6. The van der Waals surface area contributed by atoms with Crippen molar-refractivity contribution >= 4 is 5.97 Å². The van der Waals surface area contributed by atoms with E-state index in [0.717, 1.165) is 12.8 Å². The van der Waals surface area contributed by atoms with Gasteiger partial charge in [-0.3, -0.25) is 4.79 Å². The molecule has 0 unspecified atom stereocenters. The lowest BCUT2D eigenvalue weighted by Crippen LogP contribution is -2.29. The van der Waals surface area contributed by atoms with Crippen LogP contribution in [0.5, 0.6) is 0 Å². The van der Waals surface area contributed by atoms with Gasteiger partial charge >= 0.3 is 5.97 Å². The molecule has 0 saturated carbocycles. The molecule has 0 saturated heterocycles. The molecule has 0 aromatic carbocycles. The monoisotopic (exact) mass is 404 g/mol. The lowest BCUT2D eigenvalue weighted by molar-refractivity contribution is -0.137. The molecular formula is C23H48O5. The van der Waals surface area contributed by atoms with Crippen LogP contribution in [0, 0.1) is 5.41 Å². The van der Waals surface area contributed by atoms with Gasteiger partial charge in [0.25, 0.3) is 0 Å². The summed E-state index contributed by atoms with van der Waals surface area (Å²) in [6.07, 6.45) is 20.2. The van der Waals surface area contributed by atoms with E-state index >= 15 is 0 Å². The third-order valence-electron chi connectivity index (χ3n) is 5.14. The molecule has 0 radical (unpaired) electrons. The quantitative estimate of drug-likeness (QED) is 0.219. The van der Waals surface area contributed by atoms with E-state index in [9.17, 15) is 4.79 Å². The van der Waals surface area contributed by atoms with Gasteiger partial charge in [0.1, 0.15) is 0 Å². The number of aliphatic hydroxyl groups is 3. The van der Waals surface area contributed by atoms with Gasteiger partial charge in [0, 0.05) is 11.8 Å². The first-order valence-corrected chi connectivity index (χ1v) is 11.5. The molecule has 0 amide bonds. The van der Waals surface area contributed by atoms with Gasteiger partial charge in [0.05, 0.1) is 19.8 Å². The molecule has 0 aliphatic heterocycles. The van der Waals surface area contributed by atoms with E-state index in [-0.39, 0.29) is 19.8 Å². The van der Waals surface area contributed by atoms with Crippen LogP contribution in [0.25, 0.3) is 0 Å². The zero-order valence-corrected chi connectivity index (χ0v) is 18.6. The van der Waals surface area contributed by atoms with Crippen LogP contribution in [0.1, 0.15) is 117 Å². The maximum atomic E-state index is 10.3. The van der Waals surface area contributed by atoms with Gasteiger partial charge in [-0.2, -0.15) is 0 Å². The Morgan fingerprint density at radius 3 is 1.11 bits per heavy atom. The predicted molar refractivity (Wildman–Crippen MR) is 117 cm³/mol. The SMILES string of the molecule is CC(CO)(CO)CO.CCCCCCCCCCCCCCCCCC(=O)O.